The van der Waals surface area contributed by atoms with Gasteiger partial charge in [0.1, 0.15) is 24.2 Å². The van der Waals surface area contributed by atoms with Gasteiger partial charge in [-0.2, -0.15) is 0 Å². The van der Waals surface area contributed by atoms with E-state index in [9.17, 15) is 13.5 Å². The standard InChI is InChI=1S/C21H27NO5S/c1-2-6-17-7-3-4-9-21(17)27-15-19(23)13-22(14-20-8-5-11-26-20)18-10-12-28(24,25)16-18/h2-5,7-9,11,18-19,23H,1,6,10,12-16H2/t18-,19-/m1/s1. The number of nitrogens with zero attached hydrogens (tertiary/aromatic N) is 1. The normalized spacial score (nSPS) is 19.6. The first-order chi connectivity index (χ1) is 13.5. The van der Waals surface area contributed by atoms with Crippen molar-refractivity contribution >= 4 is 9.84 Å². The molecule has 1 aliphatic heterocycles. The summed E-state index contributed by atoms with van der Waals surface area (Å²) in [5.41, 5.74) is 1.01. The highest BCUT2D eigenvalue weighted by Gasteiger charge is 2.33. The molecule has 0 aliphatic carbocycles. The van der Waals surface area contributed by atoms with Crippen LogP contribution >= 0.6 is 0 Å². The van der Waals surface area contributed by atoms with Crippen molar-refractivity contribution in [2.75, 3.05) is 24.7 Å². The SMILES string of the molecule is C=CCc1ccccc1OC[C@H](O)CN(Cc1ccco1)[C@@H]1CCS(=O)(=O)C1. The zero-order valence-electron chi connectivity index (χ0n) is 15.9. The van der Waals surface area contributed by atoms with Crippen molar-refractivity contribution in [3.63, 3.8) is 0 Å². The molecule has 1 aromatic heterocycles. The highest BCUT2D eigenvalue weighted by molar-refractivity contribution is 7.91. The van der Waals surface area contributed by atoms with Gasteiger partial charge in [0.2, 0.25) is 0 Å². The lowest BCUT2D eigenvalue weighted by molar-refractivity contribution is 0.0495. The Morgan fingerprint density at radius 1 is 1.32 bits per heavy atom. The van der Waals surface area contributed by atoms with Crippen LogP contribution in [0.4, 0.5) is 0 Å². The number of hydrogen-bond acceptors (Lipinski definition) is 6. The van der Waals surface area contributed by atoms with Crippen molar-refractivity contribution in [2.45, 2.75) is 31.5 Å². The third-order valence-corrected chi connectivity index (χ3v) is 6.63. The molecule has 1 aromatic carbocycles. The molecule has 0 bridgehead atoms. The Labute approximate surface area is 166 Å². The Morgan fingerprint density at radius 2 is 2.14 bits per heavy atom. The first-order valence-electron chi connectivity index (χ1n) is 9.43. The summed E-state index contributed by atoms with van der Waals surface area (Å²) in [5.74, 6) is 1.77. The van der Waals surface area contributed by atoms with Crippen LogP contribution in [0.5, 0.6) is 5.75 Å². The second kappa shape index (κ2) is 9.41. The van der Waals surface area contributed by atoms with Gasteiger partial charge in [0, 0.05) is 12.6 Å². The lowest BCUT2D eigenvalue weighted by Crippen LogP contribution is -2.42. The number of para-hydroxylation sites is 1. The molecular weight excluding hydrogens is 378 g/mol. The molecule has 0 unspecified atom stereocenters. The molecule has 152 valence electrons. The Bertz CT molecular complexity index is 863. The molecule has 1 N–H and O–H groups in total. The minimum atomic E-state index is -3.02. The van der Waals surface area contributed by atoms with Crippen LogP contribution in [0.3, 0.4) is 0 Å². The zero-order chi connectivity index (χ0) is 20.0. The van der Waals surface area contributed by atoms with Crippen LogP contribution in [-0.4, -0.2) is 55.2 Å². The maximum atomic E-state index is 11.9. The van der Waals surface area contributed by atoms with Gasteiger partial charge in [-0.05, 0) is 36.6 Å². The number of furan rings is 1. The molecule has 1 fully saturated rings. The number of ether oxygens (including phenoxy) is 1. The van der Waals surface area contributed by atoms with Gasteiger partial charge in [-0.1, -0.05) is 24.3 Å². The number of aliphatic hydroxyl groups is 1. The summed E-state index contributed by atoms with van der Waals surface area (Å²) in [4.78, 5) is 1.98. The van der Waals surface area contributed by atoms with E-state index in [0.29, 0.717) is 25.9 Å². The number of allylic oxidation sites excluding steroid dienone is 1. The zero-order valence-corrected chi connectivity index (χ0v) is 16.7. The minimum absolute atomic E-state index is 0.115. The first-order valence-corrected chi connectivity index (χ1v) is 11.3. The van der Waals surface area contributed by atoms with E-state index in [4.69, 9.17) is 9.15 Å². The molecule has 0 amide bonds. The Kier molecular flexibility index (Phi) is 6.93. The average molecular weight is 406 g/mol. The van der Waals surface area contributed by atoms with Crippen molar-refractivity contribution in [3.8, 4) is 5.75 Å². The summed E-state index contributed by atoms with van der Waals surface area (Å²) in [6.45, 7) is 4.65. The molecule has 0 saturated carbocycles. The van der Waals surface area contributed by atoms with Gasteiger partial charge in [0.15, 0.2) is 9.84 Å². The van der Waals surface area contributed by atoms with E-state index >= 15 is 0 Å². The molecule has 0 radical (unpaired) electrons. The lowest BCUT2D eigenvalue weighted by Gasteiger charge is -2.29. The highest BCUT2D eigenvalue weighted by Crippen LogP contribution is 2.22. The number of rotatable bonds is 10. The molecule has 7 heteroatoms. The molecule has 28 heavy (non-hydrogen) atoms. The molecular formula is C21H27NO5S. The van der Waals surface area contributed by atoms with Crippen molar-refractivity contribution in [2.24, 2.45) is 0 Å². The summed E-state index contributed by atoms with van der Waals surface area (Å²) < 4.78 is 35.0. The predicted octanol–water partition coefficient (Wildman–Crippen LogP) is 2.44. The fourth-order valence-corrected chi connectivity index (χ4v) is 5.25. The lowest BCUT2D eigenvalue weighted by atomic mass is 10.1. The monoisotopic (exact) mass is 405 g/mol. The van der Waals surface area contributed by atoms with E-state index in [-0.39, 0.29) is 24.2 Å². The van der Waals surface area contributed by atoms with Crippen molar-refractivity contribution in [3.05, 3.63) is 66.6 Å². The van der Waals surface area contributed by atoms with E-state index in [1.165, 1.54) is 0 Å². The van der Waals surface area contributed by atoms with Crippen molar-refractivity contribution < 1.29 is 22.7 Å². The third-order valence-electron chi connectivity index (χ3n) is 4.88. The maximum absolute atomic E-state index is 11.9. The van der Waals surface area contributed by atoms with Crippen LogP contribution in [0.1, 0.15) is 17.7 Å². The van der Waals surface area contributed by atoms with Crippen LogP contribution in [-0.2, 0) is 22.8 Å². The summed E-state index contributed by atoms with van der Waals surface area (Å²) in [5, 5.41) is 10.6. The molecule has 2 heterocycles. The molecule has 1 aliphatic rings. The molecule has 6 nitrogen and oxygen atoms in total. The number of hydrogen-bond donors (Lipinski definition) is 1. The van der Waals surface area contributed by atoms with E-state index in [2.05, 4.69) is 6.58 Å². The van der Waals surface area contributed by atoms with Gasteiger partial charge in [-0.25, -0.2) is 8.42 Å². The van der Waals surface area contributed by atoms with Gasteiger partial charge in [0.05, 0.1) is 24.3 Å². The number of sulfone groups is 1. The minimum Gasteiger partial charge on any atom is -0.491 e. The van der Waals surface area contributed by atoms with Gasteiger partial charge in [0.25, 0.3) is 0 Å². The molecule has 2 atom stereocenters. The molecule has 0 spiro atoms. The number of aliphatic hydroxyl groups excluding tert-OH is 1. The van der Waals surface area contributed by atoms with Crippen molar-refractivity contribution in [1.82, 2.24) is 4.90 Å². The van der Waals surface area contributed by atoms with Gasteiger partial charge in [-0.3, -0.25) is 4.90 Å². The first kappa shape index (κ1) is 20.6. The summed E-state index contributed by atoms with van der Waals surface area (Å²) in [7, 11) is -3.02. The second-order valence-electron chi connectivity index (χ2n) is 7.13. The topological polar surface area (TPSA) is 80.0 Å². The van der Waals surface area contributed by atoms with Crippen LogP contribution in [0.15, 0.2) is 59.7 Å². The third kappa shape index (κ3) is 5.70. The molecule has 1 saturated heterocycles. The quantitative estimate of drug-likeness (QED) is 0.612. The number of benzene rings is 1. The molecule has 2 aromatic rings. The smallest absolute Gasteiger partial charge is 0.151 e. The van der Waals surface area contributed by atoms with E-state index < -0.39 is 15.9 Å². The van der Waals surface area contributed by atoms with Gasteiger partial charge >= 0.3 is 0 Å². The maximum Gasteiger partial charge on any atom is 0.151 e. The Morgan fingerprint density at radius 3 is 2.82 bits per heavy atom. The van der Waals surface area contributed by atoms with Crippen molar-refractivity contribution in [1.29, 1.82) is 0 Å². The van der Waals surface area contributed by atoms with Crippen LogP contribution in [0.25, 0.3) is 0 Å². The Hall–Kier alpha value is -2.09. The fourth-order valence-electron chi connectivity index (χ4n) is 3.49. The summed E-state index contributed by atoms with van der Waals surface area (Å²) >= 11 is 0. The highest BCUT2D eigenvalue weighted by atomic mass is 32.2. The van der Waals surface area contributed by atoms with Crippen LogP contribution < -0.4 is 4.74 Å². The van der Waals surface area contributed by atoms with Gasteiger partial charge in [-0.15, -0.1) is 6.58 Å². The second-order valence-corrected chi connectivity index (χ2v) is 9.36. The summed E-state index contributed by atoms with van der Waals surface area (Å²) in [6, 6.07) is 11.2. The van der Waals surface area contributed by atoms with Crippen LogP contribution in [0, 0.1) is 0 Å². The Balaban J connectivity index is 1.62. The summed E-state index contributed by atoms with van der Waals surface area (Å²) in [6.07, 6.45) is 3.91. The van der Waals surface area contributed by atoms with E-state index in [0.717, 1.165) is 17.1 Å². The molecule has 3 rings (SSSR count). The average Bonchev–Trinajstić information content (AvgIpc) is 3.30. The van der Waals surface area contributed by atoms with Crippen LogP contribution in [0.2, 0.25) is 0 Å². The fraction of sp³-hybridized carbons (Fsp3) is 0.429. The van der Waals surface area contributed by atoms with E-state index in [1.54, 1.807) is 12.3 Å². The van der Waals surface area contributed by atoms with E-state index in [1.807, 2.05) is 41.3 Å². The predicted molar refractivity (Wildman–Crippen MR) is 108 cm³/mol. The largest absolute Gasteiger partial charge is 0.491 e. The van der Waals surface area contributed by atoms with Gasteiger partial charge < -0.3 is 14.3 Å².